The highest BCUT2D eigenvalue weighted by atomic mass is 16.2. The van der Waals surface area contributed by atoms with Crippen LogP contribution in [0.3, 0.4) is 0 Å². The first kappa shape index (κ1) is 14.6. The predicted octanol–water partition coefficient (Wildman–Crippen LogP) is 1.28. The Morgan fingerprint density at radius 2 is 2.10 bits per heavy atom. The Bertz CT molecular complexity index is 477. The number of amides is 1. The summed E-state index contributed by atoms with van der Waals surface area (Å²) >= 11 is 0. The van der Waals surface area contributed by atoms with E-state index in [0.29, 0.717) is 0 Å². The van der Waals surface area contributed by atoms with Crippen molar-refractivity contribution < 1.29 is 4.79 Å². The average molecular weight is 277 g/mol. The molecule has 1 aliphatic heterocycles. The molecular formula is C14H23N5O. The van der Waals surface area contributed by atoms with Crippen molar-refractivity contribution in [2.24, 2.45) is 0 Å². The van der Waals surface area contributed by atoms with E-state index in [1.165, 1.54) is 0 Å². The fraction of sp³-hybridized carbons (Fsp3) is 0.643. The van der Waals surface area contributed by atoms with E-state index < -0.39 is 0 Å². The van der Waals surface area contributed by atoms with Gasteiger partial charge in [-0.3, -0.25) is 4.79 Å². The Kier molecular flexibility index (Phi) is 4.76. The molecule has 2 rings (SSSR count). The summed E-state index contributed by atoms with van der Waals surface area (Å²) in [7, 11) is 0. The van der Waals surface area contributed by atoms with Crippen LogP contribution in [0.25, 0.3) is 0 Å². The molecule has 1 saturated heterocycles. The molecule has 20 heavy (non-hydrogen) atoms. The number of carbonyl (C=O) groups excluding carboxylic acids is 1. The first-order valence-electron chi connectivity index (χ1n) is 7.20. The summed E-state index contributed by atoms with van der Waals surface area (Å²) in [5.41, 5.74) is 0. The second kappa shape index (κ2) is 6.54. The fourth-order valence-electron chi connectivity index (χ4n) is 2.45. The van der Waals surface area contributed by atoms with Crippen molar-refractivity contribution in [3.05, 3.63) is 11.9 Å². The fourth-order valence-corrected chi connectivity index (χ4v) is 2.45. The number of carbonyl (C=O) groups is 1. The first-order valence-corrected chi connectivity index (χ1v) is 7.20. The highest BCUT2D eigenvalue weighted by Crippen LogP contribution is 2.17. The molecule has 6 heteroatoms. The maximum Gasteiger partial charge on any atom is 0.219 e. The number of hydrogen-bond donors (Lipinski definition) is 1. The van der Waals surface area contributed by atoms with Crippen LogP contribution in [0.1, 0.15) is 26.1 Å². The number of rotatable bonds is 3. The zero-order chi connectivity index (χ0) is 14.5. The molecule has 0 radical (unpaired) electrons. The molecule has 0 unspecified atom stereocenters. The molecule has 1 aromatic rings. The van der Waals surface area contributed by atoms with Crippen molar-refractivity contribution >= 4 is 17.5 Å². The van der Waals surface area contributed by atoms with Gasteiger partial charge in [0.25, 0.3) is 0 Å². The van der Waals surface area contributed by atoms with Crippen LogP contribution in [0.5, 0.6) is 0 Å². The summed E-state index contributed by atoms with van der Waals surface area (Å²) < 4.78 is 0. The number of nitrogens with one attached hydrogen (secondary N) is 1. The SMILES string of the molecule is CCNc1cc(N2CCCN(C(C)=O)CC2)nc(C)n1. The van der Waals surface area contributed by atoms with Gasteiger partial charge in [0.1, 0.15) is 17.5 Å². The zero-order valence-corrected chi connectivity index (χ0v) is 12.5. The largest absolute Gasteiger partial charge is 0.370 e. The van der Waals surface area contributed by atoms with Crippen LogP contribution in [0, 0.1) is 6.92 Å². The summed E-state index contributed by atoms with van der Waals surface area (Å²) in [5.74, 6) is 2.73. The van der Waals surface area contributed by atoms with Gasteiger partial charge in [-0.25, -0.2) is 9.97 Å². The van der Waals surface area contributed by atoms with Gasteiger partial charge >= 0.3 is 0 Å². The maximum atomic E-state index is 11.5. The standard InChI is InChI=1S/C14H23N5O/c1-4-15-13-10-14(17-11(2)16-13)19-7-5-6-18(8-9-19)12(3)20/h10H,4-9H2,1-3H3,(H,15,16,17). The Morgan fingerprint density at radius 1 is 1.30 bits per heavy atom. The molecular weight excluding hydrogens is 254 g/mol. The van der Waals surface area contributed by atoms with E-state index in [-0.39, 0.29) is 5.91 Å². The summed E-state index contributed by atoms with van der Waals surface area (Å²) in [5, 5.41) is 3.23. The molecule has 1 aliphatic rings. The Balaban J connectivity index is 2.12. The van der Waals surface area contributed by atoms with Crippen LogP contribution in [-0.2, 0) is 4.79 Å². The van der Waals surface area contributed by atoms with E-state index in [9.17, 15) is 4.79 Å². The second-order valence-corrected chi connectivity index (χ2v) is 5.04. The van der Waals surface area contributed by atoms with E-state index in [1.54, 1.807) is 6.92 Å². The third-order valence-electron chi connectivity index (χ3n) is 3.45. The van der Waals surface area contributed by atoms with Gasteiger partial charge in [0.2, 0.25) is 5.91 Å². The molecule has 1 N–H and O–H groups in total. The van der Waals surface area contributed by atoms with E-state index in [4.69, 9.17) is 0 Å². The molecule has 0 bridgehead atoms. The molecule has 0 aromatic carbocycles. The normalized spacial score (nSPS) is 15.9. The van der Waals surface area contributed by atoms with Crippen molar-refractivity contribution in [3.63, 3.8) is 0 Å². The minimum absolute atomic E-state index is 0.152. The van der Waals surface area contributed by atoms with Gasteiger partial charge in [0.15, 0.2) is 0 Å². The third kappa shape index (κ3) is 3.59. The number of aromatic nitrogens is 2. The zero-order valence-electron chi connectivity index (χ0n) is 12.5. The van der Waals surface area contributed by atoms with Crippen LogP contribution < -0.4 is 10.2 Å². The van der Waals surface area contributed by atoms with Crippen LogP contribution in [0.4, 0.5) is 11.6 Å². The first-order chi connectivity index (χ1) is 9.60. The van der Waals surface area contributed by atoms with Crippen molar-refractivity contribution in [1.29, 1.82) is 0 Å². The predicted molar refractivity (Wildman–Crippen MR) is 80.0 cm³/mol. The molecule has 0 saturated carbocycles. The minimum atomic E-state index is 0.152. The highest BCUT2D eigenvalue weighted by Gasteiger charge is 2.18. The number of anilines is 2. The topological polar surface area (TPSA) is 61.4 Å². The lowest BCUT2D eigenvalue weighted by Gasteiger charge is -2.23. The van der Waals surface area contributed by atoms with Gasteiger partial charge in [-0.05, 0) is 20.3 Å². The van der Waals surface area contributed by atoms with Crippen molar-refractivity contribution in [2.75, 3.05) is 42.9 Å². The number of aryl methyl sites for hydroxylation is 1. The maximum absolute atomic E-state index is 11.5. The Labute approximate surface area is 120 Å². The number of hydrogen-bond acceptors (Lipinski definition) is 5. The van der Waals surface area contributed by atoms with E-state index in [0.717, 1.165) is 56.6 Å². The van der Waals surface area contributed by atoms with E-state index in [2.05, 4.69) is 20.2 Å². The van der Waals surface area contributed by atoms with Crippen molar-refractivity contribution in [2.45, 2.75) is 27.2 Å². The second-order valence-electron chi connectivity index (χ2n) is 5.04. The average Bonchev–Trinajstić information content (AvgIpc) is 2.64. The molecule has 0 aliphatic carbocycles. The van der Waals surface area contributed by atoms with Gasteiger partial charge in [-0.2, -0.15) is 0 Å². The van der Waals surface area contributed by atoms with Crippen LogP contribution in [-0.4, -0.2) is 53.5 Å². The third-order valence-corrected chi connectivity index (χ3v) is 3.45. The molecule has 2 heterocycles. The van der Waals surface area contributed by atoms with Crippen LogP contribution in [0.15, 0.2) is 6.07 Å². The van der Waals surface area contributed by atoms with E-state index in [1.807, 2.05) is 24.8 Å². The Morgan fingerprint density at radius 3 is 2.80 bits per heavy atom. The molecule has 110 valence electrons. The molecule has 0 spiro atoms. The highest BCUT2D eigenvalue weighted by molar-refractivity contribution is 5.73. The minimum Gasteiger partial charge on any atom is -0.370 e. The summed E-state index contributed by atoms with van der Waals surface area (Å²) in [6.45, 7) is 9.76. The lowest BCUT2D eigenvalue weighted by molar-refractivity contribution is -0.128. The van der Waals surface area contributed by atoms with Gasteiger partial charge in [0, 0.05) is 45.7 Å². The van der Waals surface area contributed by atoms with Gasteiger partial charge in [-0.1, -0.05) is 0 Å². The molecule has 1 amide bonds. The smallest absolute Gasteiger partial charge is 0.219 e. The summed E-state index contributed by atoms with van der Waals surface area (Å²) in [4.78, 5) is 24.5. The van der Waals surface area contributed by atoms with Crippen molar-refractivity contribution in [1.82, 2.24) is 14.9 Å². The van der Waals surface area contributed by atoms with Gasteiger partial charge < -0.3 is 15.1 Å². The molecule has 6 nitrogen and oxygen atoms in total. The van der Waals surface area contributed by atoms with Crippen LogP contribution in [0.2, 0.25) is 0 Å². The van der Waals surface area contributed by atoms with Gasteiger partial charge in [-0.15, -0.1) is 0 Å². The van der Waals surface area contributed by atoms with Gasteiger partial charge in [0.05, 0.1) is 0 Å². The van der Waals surface area contributed by atoms with E-state index >= 15 is 0 Å². The van der Waals surface area contributed by atoms with Crippen LogP contribution >= 0.6 is 0 Å². The molecule has 0 atom stereocenters. The lowest BCUT2D eigenvalue weighted by atomic mass is 10.3. The molecule has 1 fully saturated rings. The summed E-state index contributed by atoms with van der Waals surface area (Å²) in [6.07, 6.45) is 0.971. The monoisotopic (exact) mass is 277 g/mol. The quantitative estimate of drug-likeness (QED) is 0.901. The Hall–Kier alpha value is -1.85. The lowest BCUT2D eigenvalue weighted by Crippen LogP contribution is -2.34. The van der Waals surface area contributed by atoms with Crippen molar-refractivity contribution in [3.8, 4) is 0 Å². The summed E-state index contributed by atoms with van der Waals surface area (Å²) in [6, 6.07) is 1.99. The number of nitrogens with zero attached hydrogens (tertiary/aromatic N) is 4. The molecule has 1 aromatic heterocycles.